The molecular formula is C28H32N6O4S. The minimum Gasteiger partial charge on any atom is -0.351 e. The molecule has 0 unspecified atom stereocenters. The predicted octanol–water partition coefficient (Wildman–Crippen LogP) is 2.55. The molecule has 0 saturated heterocycles. The van der Waals surface area contributed by atoms with E-state index in [9.17, 15) is 19.2 Å². The van der Waals surface area contributed by atoms with Gasteiger partial charge in [0.2, 0.25) is 11.8 Å². The summed E-state index contributed by atoms with van der Waals surface area (Å²) < 4.78 is 0. The maximum absolute atomic E-state index is 13.4. The molecule has 4 N–H and O–H groups in total. The van der Waals surface area contributed by atoms with Crippen LogP contribution in [0.15, 0.2) is 60.2 Å². The Morgan fingerprint density at radius 2 is 1.82 bits per heavy atom. The quantitative estimate of drug-likeness (QED) is 0.386. The number of nitrogens with one attached hydrogen (secondary N) is 4. The number of nitrogens with zero attached hydrogens (tertiary/aromatic N) is 2. The van der Waals surface area contributed by atoms with Gasteiger partial charge in [0.25, 0.3) is 11.8 Å². The summed E-state index contributed by atoms with van der Waals surface area (Å²) in [4.78, 5) is 60.7. The van der Waals surface area contributed by atoms with Crippen molar-refractivity contribution in [3.63, 3.8) is 0 Å². The molecule has 4 amide bonds. The standard InChI is InChI=1S/C28H32N6O4S/c1-2-20-26(37)33-22(15-18-9-4-3-5-10-18)28-34-23(17-39-28)25(36)30-14-7-6-12-21(27(38)31-20)32-24(35)19-11-8-13-29-16-19/h3-5,8-11,13,16-17,20-22H,2,6-7,12,14-15H2,1H3,(H,30,36)(H,31,38)(H,32,35)(H,33,37)/t20-,21+,22+/m1/s1. The van der Waals surface area contributed by atoms with E-state index in [1.807, 2.05) is 37.3 Å². The second-order valence-electron chi connectivity index (χ2n) is 9.31. The largest absolute Gasteiger partial charge is 0.351 e. The SMILES string of the molecule is CC[C@H]1NC(=O)[C@@H](NC(=O)c2cccnc2)CCCCNC(=O)c2csc(n2)[C@H](Cc2ccccc2)NC1=O. The Labute approximate surface area is 231 Å². The van der Waals surface area contributed by atoms with E-state index in [1.54, 1.807) is 23.7 Å². The Morgan fingerprint density at radius 1 is 1.03 bits per heavy atom. The lowest BCUT2D eigenvalue weighted by molar-refractivity contribution is -0.130. The predicted molar refractivity (Wildman–Crippen MR) is 147 cm³/mol. The summed E-state index contributed by atoms with van der Waals surface area (Å²) in [5.74, 6) is -1.52. The smallest absolute Gasteiger partial charge is 0.270 e. The van der Waals surface area contributed by atoms with E-state index >= 15 is 0 Å². The fourth-order valence-electron chi connectivity index (χ4n) is 4.27. The monoisotopic (exact) mass is 548 g/mol. The summed E-state index contributed by atoms with van der Waals surface area (Å²) >= 11 is 1.31. The summed E-state index contributed by atoms with van der Waals surface area (Å²) in [6, 6.07) is 10.8. The molecule has 1 aromatic carbocycles. The van der Waals surface area contributed by atoms with Crippen LogP contribution in [-0.4, -0.2) is 52.2 Å². The highest BCUT2D eigenvalue weighted by atomic mass is 32.1. The number of thiazole rings is 1. The third-order valence-electron chi connectivity index (χ3n) is 6.44. The Morgan fingerprint density at radius 3 is 2.56 bits per heavy atom. The molecule has 1 aliphatic rings. The van der Waals surface area contributed by atoms with Gasteiger partial charge in [-0.3, -0.25) is 24.2 Å². The van der Waals surface area contributed by atoms with Crippen LogP contribution in [0.1, 0.15) is 70.1 Å². The van der Waals surface area contributed by atoms with Crippen molar-refractivity contribution in [2.75, 3.05) is 6.54 Å². The molecule has 3 aromatic rings. The van der Waals surface area contributed by atoms with Crippen LogP contribution in [0.3, 0.4) is 0 Å². The molecule has 0 fully saturated rings. The van der Waals surface area contributed by atoms with Crippen molar-refractivity contribution in [2.24, 2.45) is 0 Å². The number of rotatable bonds is 5. The third-order valence-corrected chi connectivity index (χ3v) is 7.40. The van der Waals surface area contributed by atoms with Gasteiger partial charge in [-0.1, -0.05) is 37.3 Å². The summed E-state index contributed by atoms with van der Waals surface area (Å²) in [6.07, 6.45) is 5.31. The first kappa shape index (κ1) is 27.9. The first-order valence-electron chi connectivity index (χ1n) is 13.0. The maximum Gasteiger partial charge on any atom is 0.270 e. The molecule has 11 heteroatoms. The van der Waals surface area contributed by atoms with Crippen LogP contribution < -0.4 is 21.3 Å². The summed E-state index contributed by atoms with van der Waals surface area (Å²) in [5, 5.41) is 13.8. The molecule has 4 rings (SSSR count). The first-order valence-corrected chi connectivity index (χ1v) is 13.9. The Kier molecular flexibility index (Phi) is 9.74. The van der Waals surface area contributed by atoms with Crippen LogP contribution in [0.25, 0.3) is 0 Å². The topological polar surface area (TPSA) is 142 Å². The highest BCUT2D eigenvalue weighted by molar-refractivity contribution is 7.09. The summed E-state index contributed by atoms with van der Waals surface area (Å²) in [7, 11) is 0. The normalized spacial score (nSPS) is 20.8. The molecule has 0 spiro atoms. The van der Waals surface area contributed by atoms with E-state index in [-0.39, 0.29) is 11.8 Å². The van der Waals surface area contributed by atoms with E-state index in [0.717, 1.165) is 5.56 Å². The van der Waals surface area contributed by atoms with Gasteiger partial charge in [-0.15, -0.1) is 11.3 Å². The van der Waals surface area contributed by atoms with Gasteiger partial charge >= 0.3 is 0 Å². The number of pyridine rings is 1. The molecule has 0 aliphatic carbocycles. The second-order valence-corrected chi connectivity index (χ2v) is 10.2. The molecule has 39 heavy (non-hydrogen) atoms. The van der Waals surface area contributed by atoms with Crippen molar-refractivity contribution in [3.05, 3.63) is 82.1 Å². The molecule has 3 atom stereocenters. The number of benzene rings is 1. The van der Waals surface area contributed by atoms with Crippen LogP contribution in [-0.2, 0) is 16.0 Å². The van der Waals surface area contributed by atoms with E-state index < -0.39 is 29.9 Å². The molecule has 0 saturated carbocycles. The van der Waals surface area contributed by atoms with Crippen LogP contribution >= 0.6 is 11.3 Å². The lowest BCUT2D eigenvalue weighted by atomic mass is 10.0. The van der Waals surface area contributed by atoms with Gasteiger partial charge in [0.1, 0.15) is 22.8 Å². The molecule has 3 heterocycles. The molecule has 1 aliphatic heterocycles. The van der Waals surface area contributed by atoms with Gasteiger partial charge in [0.15, 0.2) is 0 Å². The van der Waals surface area contributed by atoms with Crippen molar-refractivity contribution in [2.45, 2.75) is 57.2 Å². The molecule has 2 aromatic heterocycles. The molecule has 10 nitrogen and oxygen atoms in total. The van der Waals surface area contributed by atoms with E-state index in [4.69, 9.17) is 0 Å². The molecular weight excluding hydrogens is 516 g/mol. The summed E-state index contributed by atoms with van der Waals surface area (Å²) in [5.41, 5.74) is 1.63. The number of aromatic nitrogens is 2. The average Bonchev–Trinajstić information content (AvgIpc) is 3.45. The van der Waals surface area contributed by atoms with E-state index in [0.29, 0.717) is 54.9 Å². The Hall–Kier alpha value is -4.12. The number of carbonyl (C=O) groups is 4. The average molecular weight is 549 g/mol. The van der Waals surface area contributed by atoms with Gasteiger partial charge in [-0.05, 0) is 49.8 Å². The van der Waals surface area contributed by atoms with Gasteiger partial charge < -0.3 is 21.3 Å². The lowest BCUT2D eigenvalue weighted by Gasteiger charge is -2.25. The van der Waals surface area contributed by atoms with Crippen LogP contribution in [0.2, 0.25) is 0 Å². The Balaban J connectivity index is 1.57. The highest BCUT2D eigenvalue weighted by Gasteiger charge is 2.29. The van der Waals surface area contributed by atoms with Crippen LogP contribution in [0.5, 0.6) is 0 Å². The van der Waals surface area contributed by atoms with Crippen LogP contribution in [0.4, 0.5) is 0 Å². The van der Waals surface area contributed by atoms with Crippen LogP contribution in [0, 0.1) is 0 Å². The van der Waals surface area contributed by atoms with E-state index in [2.05, 4.69) is 31.2 Å². The number of fused-ring (bicyclic) bond motifs is 2. The fourth-order valence-corrected chi connectivity index (χ4v) is 5.12. The molecule has 204 valence electrons. The zero-order valence-corrected chi connectivity index (χ0v) is 22.5. The summed E-state index contributed by atoms with van der Waals surface area (Å²) in [6.45, 7) is 2.21. The highest BCUT2D eigenvalue weighted by Crippen LogP contribution is 2.23. The fraction of sp³-hybridized carbons (Fsp3) is 0.357. The minimum absolute atomic E-state index is 0.292. The maximum atomic E-state index is 13.4. The number of amides is 4. The van der Waals surface area contributed by atoms with Crippen molar-refractivity contribution < 1.29 is 19.2 Å². The zero-order valence-electron chi connectivity index (χ0n) is 21.7. The van der Waals surface area contributed by atoms with Crippen molar-refractivity contribution in [3.8, 4) is 0 Å². The lowest BCUT2D eigenvalue weighted by Crippen LogP contribution is -2.54. The van der Waals surface area contributed by atoms with Crippen molar-refractivity contribution in [1.82, 2.24) is 31.2 Å². The number of carbonyl (C=O) groups excluding carboxylic acids is 4. The van der Waals surface area contributed by atoms with Gasteiger partial charge in [-0.2, -0.15) is 0 Å². The Bertz CT molecular complexity index is 1280. The number of hydrogen-bond acceptors (Lipinski definition) is 7. The minimum atomic E-state index is -0.859. The van der Waals surface area contributed by atoms with Gasteiger partial charge in [-0.25, -0.2) is 4.98 Å². The van der Waals surface area contributed by atoms with Gasteiger partial charge in [0, 0.05) is 24.3 Å². The van der Waals surface area contributed by atoms with Crippen molar-refractivity contribution in [1.29, 1.82) is 0 Å². The molecule has 0 radical (unpaired) electrons. The van der Waals surface area contributed by atoms with Crippen molar-refractivity contribution >= 4 is 35.0 Å². The number of hydrogen-bond donors (Lipinski definition) is 4. The first-order chi connectivity index (χ1) is 18.9. The second kappa shape index (κ2) is 13.6. The molecule has 2 bridgehead atoms. The van der Waals surface area contributed by atoms with E-state index in [1.165, 1.54) is 17.5 Å². The van der Waals surface area contributed by atoms with Gasteiger partial charge in [0.05, 0.1) is 11.6 Å². The zero-order chi connectivity index (χ0) is 27.6. The third kappa shape index (κ3) is 7.70.